The third-order valence-corrected chi connectivity index (χ3v) is 7.03. The molecule has 1 unspecified atom stereocenters. The van der Waals surface area contributed by atoms with Gasteiger partial charge in [0.25, 0.3) is 0 Å². The van der Waals surface area contributed by atoms with E-state index in [-0.39, 0.29) is 6.03 Å². The average Bonchev–Trinajstić information content (AvgIpc) is 3.06. The van der Waals surface area contributed by atoms with Crippen LogP contribution in [0.4, 0.5) is 10.5 Å². The van der Waals surface area contributed by atoms with Gasteiger partial charge in [-0.05, 0) is 45.2 Å². The van der Waals surface area contributed by atoms with Gasteiger partial charge >= 0.3 is 6.03 Å². The minimum absolute atomic E-state index is 0.183. The molecule has 2 amide bonds. The van der Waals surface area contributed by atoms with Crippen LogP contribution in [0.1, 0.15) is 69.7 Å². The minimum atomic E-state index is -0.408. The number of oxazole rings is 1. The Balaban J connectivity index is 1.60. The summed E-state index contributed by atoms with van der Waals surface area (Å²) in [4.78, 5) is 19.6. The molecule has 1 aliphatic carbocycles. The number of urea groups is 1. The maximum Gasteiger partial charge on any atom is 0.319 e. The quantitative estimate of drug-likeness (QED) is 0.728. The molecule has 1 spiro atoms. The topological polar surface area (TPSA) is 70.4 Å². The van der Waals surface area contributed by atoms with E-state index in [9.17, 15) is 4.79 Å². The summed E-state index contributed by atoms with van der Waals surface area (Å²) in [5.41, 5.74) is 2.82. The third-order valence-electron chi connectivity index (χ3n) is 6.73. The van der Waals surface area contributed by atoms with Crippen molar-refractivity contribution in [3.8, 4) is 0 Å². The summed E-state index contributed by atoms with van der Waals surface area (Å²) >= 11 is 6.58. The molecular formula is C21H27ClN4O2. The lowest BCUT2D eigenvalue weighted by Gasteiger charge is -2.42. The molecule has 1 aromatic heterocycles. The molecule has 5 rings (SSSR count). The van der Waals surface area contributed by atoms with Crippen LogP contribution in [0.15, 0.2) is 10.5 Å². The van der Waals surface area contributed by atoms with Crippen molar-refractivity contribution >= 4 is 34.4 Å². The van der Waals surface area contributed by atoms with Crippen LogP contribution < -0.4 is 10.6 Å². The van der Waals surface area contributed by atoms with Gasteiger partial charge in [0, 0.05) is 11.6 Å². The number of nitrogens with zero attached hydrogens (tertiary/aromatic N) is 2. The van der Waals surface area contributed by atoms with Crippen molar-refractivity contribution in [3.63, 3.8) is 0 Å². The highest BCUT2D eigenvalue weighted by Crippen LogP contribution is 2.48. The van der Waals surface area contributed by atoms with Crippen LogP contribution in [-0.4, -0.2) is 28.5 Å². The van der Waals surface area contributed by atoms with Gasteiger partial charge in [0.05, 0.1) is 22.8 Å². The second-order valence-corrected chi connectivity index (χ2v) is 9.01. The fraction of sp³-hybridized carbons (Fsp3) is 0.619. The van der Waals surface area contributed by atoms with Crippen LogP contribution in [0.3, 0.4) is 0 Å². The highest BCUT2D eigenvalue weighted by molar-refractivity contribution is 6.35. The molecular weight excluding hydrogens is 376 g/mol. The molecule has 0 bridgehead atoms. The zero-order valence-corrected chi connectivity index (χ0v) is 17.1. The first kappa shape index (κ1) is 18.3. The van der Waals surface area contributed by atoms with Crippen molar-refractivity contribution in [1.82, 2.24) is 15.2 Å². The van der Waals surface area contributed by atoms with E-state index in [1.54, 1.807) is 0 Å². The van der Waals surface area contributed by atoms with Crippen molar-refractivity contribution < 1.29 is 9.21 Å². The number of aromatic nitrogens is 1. The van der Waals surface area contributed by atoms with Crippen molar-refractivity contribution in [2.75, 3.05) is 11.9 Å². The zero-order chi connectivity index (χ0) is 19.3. The molecule has 1 atom stereocenters. The molecule has 7 heteroatoms. The number of carbonyl (C=O) groups excluding carboxylic acids is 1. The number of amides is 2. The molecule has 2 fully saturated rings. The van der Waals surface area contributed by atoms with E-state index in [4.69, 9.17) is 21.0 Å². The number of likely N-dealkylation sites (tertiary alicyclic amines) is 1. The standard InChI is InChI=1S/C21H27ClN4O2/c1-13-7-3-6-10-26(13)12-16-23-15-11-14(22)18-17(19(15)28-16)21(25-20(27)24-18)8-4-2-5-9-21/h11,13H,2-10,12H2,1H3,(H2,24,25,27). The molecule has 2 aromatic rings. The molecule has 1 aromatic carbocycles. The smallest absolute Gasteiger partial charge is 0.319 e. The van der Waals surface area contributed by atoms with E-state index in [1.165, 1.54) is 25.7 Å². The van der Waals surface area contributed by atoms with Crippen molar-refractivity contribution in [1.29, 1.82) is 0 Å². The van der Waals surface area contributed by atoms with Gasteiger partial charge in [-0.3, -0.25) is 4.90 Å². The van der Waals surface area contributed by atoms with Gasteiger partial charge in [0.2, 0.25) is 5.89 Å². The zero-order valence-electron chi connectivity index (χ0n) is 16.3. The van der Waals surface area contributed by atoms with Gasteiger partial charge in [0.15, 0.2) is 5.58 Å². The summed E-state index contributed by atoms with van der Waals surface area (Å²) in [6.07, 6.45) is 8.91. The number of carbonyl (C=O) groups is 1. The monoisotopic (exact) mass is 402 g/mol. The Morgan fingerprint density at radius 2 is 2.11 bits per heavy atom. The lowest BCUT2D eigenvalue weighted by Crippen LogP contribution is -2.52. The second-order valence-electron chi connectivity index (χ2n) is 8.60. The highest BCUT2D eigenvalue weighted by atomic mass is 35.5. The average molecular weight is 403 g/mol. The van der Waals surface area contributed by atoms with Crippen molar-refractivity contribution in [2.45, 2.75) is 76.4 Å². The van der Waals surface area contributed by atoms with Crippen LogP contribution in [0.5, 0.6) is 0 Å². The Hall–Kier alpha value is -1.79. The van der Waals surface area contributed by atoms with Crippen LogP contribution >= 0.6 is 11.6 Å². The number of anilines is 1. The van der Waals surface area contributed by atoms with Crippen LogP contribution in [-0.2, 0) is 12.1 Å². The largest absolute Gasteiger partial charge is 0.439 e. The van der Waals surface area contributed by atoms with Gasteiger partial charge in [0.1, 0.15) is 5.52 Å². The molecule has 28 heavy (non-hydrogen) atoms. The number of fused-ring (bicyclic) bond motifs is 4. The molecule has 2 N–H and O–H groups in total. The molecule has 1 saturated carbocycles. The molecule has 150 valence electrons. The first-order chi connectivity index (χ1) is 13.6. The van der Waals surface area contributed by atoms with Gasteiger partial charge in [-0.25, -0.2) is 9.78 Å². The maximum atomic E-state index is 12.4. The number of nitrogens with one attached hydrogen (secondary N) is 2. The first-order valence-corrected chi connectivity index (χ1v) is 10.9. The molecule has 0 radical (unpaired) electrons. The number of piperidine rings is 1. The summed E-state index contributed by atoms with van der Waals surface area (Å²) in [7, 11) is 0. The summed E-state index contributed by atoms with van der Waals surface area (Å²) < 4.78 is 6.33. The van der Waals surface area contributed by atoms with Crippen LogP contribution in [0, 0.1) is 0 Å². The lowest BCUT2D eigenvalue weighted by atomic mass is 9.74. The fourth-order valence-corrected chi connectivity index (χ4v) is 5.49. The number of rotatable bonds is 2. The molecule has 1 saturated heterocycles. The normalized spacial score (nSPS) is 24.8. The maximum absolute atomic E-state index is 12.4. The Bertz CT molecular complexity index is 919. The number of hydrogen-bond donors (Lipinski definition) is 2. The fourth-order valence-electron chi connectivity index (χ4n) is 5.25. The number of benzene rings is 1. The molecule has 2 aliphatic heterocycles. The summed E-state index contributed by atoms with van der Waals surface area (Å²) in [6, 6.07) is 2.19. The van der Waals surface area contributed by atoms with E-state index >= 15 is 0 Å². The van der Waals surface area contributed by atoms with Gasteiger partial charge in [-0.2, -0.15) is 0 Å². The van der Waals surface area contributed by atoms with Crippen LogP contribution in [0.2, 0.25) is 5.02 Å². The van der Waals surface area contributed by atoms with Crippen molar-refractivity contribution in [3.05, 3.63) is 22.5 Å². The van der Waals surface area contributed by atoms with Gasteiger partial charge in [-0.1, -0.05) is 37.3 Å². The van der Waals surface area contributed by atoms with E-state index < -0.39 is 5.54 Å². The summed E-state index contributed by atoms with van der Waals surface area (Å²) in [5.74, 6) is 0.732. The third kappa shape index (κ3) is 2.98. The lowest BCUT2D eigenvalue weighted by molar-refractivity contribution is 0.140. The predicted molar refractivity (Wildman–Crippen MR) is 110 cm³/mol. The minimum Gasteiger partial charge on any atom is -0.439 e. The second kappa shape index (κ2) is 6.92. The van der Waals surface area contributed by atoms with Crippen molar-refractivity contribution in [2.24, 2.45) is 0 Å². The Morgan fingerprint density at radius 1 is 1.29 bits per heavy atom. The summed E-state index contributed by atoms with van der Waals surface area (Å²) in [6.45, 7) is 4.08. The Morgan fingerprint density at radius 3 is 2.89 bits per heavy atom. The van der Waals surface area contributed by atoms with E-state index in [1.807, 2.05) is 6.07 Å². The Labute approximate surface area is 170 Å². The number of halogens is 1. The number of hydrogen-bond acceptors (Lipinski definition) is 4. The van der Waals surface area contributed by atoms with Gasteiger partial charge in [-0.15, -0.1) is 0 Å². The van der Waals surface area contributed by atoms with E-state index in [0.29, 0.717) is 16.8 Å². The molecule has 3 heterocycles. The Kier molecular flexibility index (Phi) is 4.51. The predicted octanol–water partition coefficient (Wildman–Crippen LogP) is 5.15. The molecule has 6 nitrogen and oxygen atoms in total. The summed E-state index contributed by atoms with van der Waals surface area (Å²) in [5, 5.41) is 6.64. The molecule has 3 aliphatic rings. The first-order valence-electron chi connectivity index (χ1n) is 10.5. The SMILES string of the molecule is CC1CCCCN1Cc1nc2cc(Cl)c3c(c2o1)C1(CCCCC1)NC(=O)N3. The van der Waals surface area contributed by atoms with E-state index in [2.05, 4.69) is 22.5 Å². The highest BCUT2D eigenvalue weighted by Gasteiger charge is 2.44. The van der Waals surface area contributed by atoms with E-state index in [0.717, 1.165) is 61.3 Å². The van der Waals surface area contributed by atoms with Crippen LogP contribution in [0.25, 0.3) is 11.1 Å². The van der Waals surface area contributed by atoms with Gasteiger partial charge < -0.3 is 15.1 Å².